The lowest BCUT2D eigenvalue weighted by Crippen LogP contribution is -1.97. The maximum atomic E-state index is 13.0. The molecule has 0 radical (unpaired) electrons. The van der Waals surface area contributed by atoms with Gasteiger partial charge in [0.15, 0.2) is 0 Å². The summed E-state index contributed by atoms with van der Waals surface area (Å²) in [6.45, 7) is 3.29. The van der Waals surface area contributed by atoms with Crippen molar-refractivity contribution < 1.29 is 20.4 Å². The minimum absolute atomic E-state index is 0.216. The Morgan fingerprint density at radius 3 is 1.67 bits per heavy atom. The fraction of sp³-hybridized carbons (Fsp3) is 0.333. The third-order valence-electron chi connectivity index (χ3n) is 1.92. The molecule has 1 aromatic carbocycles. The van der Waals surface area contributed by atoms with Crippen LogP contribution in [0.2, 0.25) is 0 Å². The van der Waals surface area contributed by atoms with E-state index < -0.39 is 27.7 Å². The Hall–Kier alpha value is -0.780. The number of hydrogen-bond donors (Lipinski definition) is 0. The molecule has 0 atom stereocenters. The number of rotatable bonds is 2. The van der Waals surface area contributed by atoms with Crippen LogP contribution in [0.3, 0.4) is 0 Å². The summed E-state index contributed by atoms with van der Waals surface area (Å²) in [5.41, 5.74) is 0.220. The van der Waals surface area contributed by atoms with Crippen LogP contribution in [0.1, 0.15) is 25.3 Å². The first kappa shape index (κ1) is 12.3. The van der Waals surface area contributed by atoms with Crippen molar-refractivity contribution in [3.8, 4) is 0 Å². The molecule has 15 heavy (non-hydrogen) atoms. The minimum atomic E-state index is -5.86. The maximum absolute atomic E-state index is 13.0. The van der Waals surface area contributed by atoms with E-state index in [2.05, 4.69) is 0 Å². The summed E-state index contributed by atoms with van der Waals surface area (Å²) in [4.78, 5) is -1.74. The second-order valence-corrected chi connectivity index (χ2v) is 4.60. The Balaban J connectivity index is 3.34. The molecule has 0 saturated heterocycles. The highest BCUT2D eigenvalue weighted by atomic mass is 32.3. The van der Waals surface area contributed by atoms with Gasteiger partial charge in [0.25, 0.3) is 0 Å². The average Bonchev–Trinajstić information content (AvgIpc) is 1.99. The van der Waals surface area contributed by atoms with E-state index in [1.165, 1.54) is 0 Å². The van der Waals surface area contributed by atoms with E-state index in [4.69, 9.17) is 0 Å². The lowest BCUT2D eigenvalue weighted by molar-refractivity contribution is 0.508. The van der Waals surface area contributed by atoms with E-state index in [0.717, 1.165) is 12.1 Å². The summed E-state index contributed by atoms with van der Waals surface area (Å²) in [6, 6.07) is 1.48. The zero-order chi connectivity index (χ0) is 11.8. The van der Waals surface area contributed by atoms with E-state index in [1.54, 1.807) is 13.8 Å². The molecular weight excluding hydrogens is 235 g/mol. The summed E-state index contributed by atoms with van der Waals surface area (Å²) in [7, 11) is 0. The molecule has 0 aliphatic rings. The SMILES string of the molecule is CC(C)c1cc(F)c(S(F)(F)F)c(F)c1. The number of halogens is 5. The molecule has 0 fully saturated rings. The van der Waals surface area contributed by atoms with Gasteiger partial charge in [-0.05, 0) is 23.6 Å². The quantitative estimate of drug-likeness (QED) is 0.649. The molecule has 6 heteroatoms. The van der Waals surface area contributed by atoms with Gasteiger partial charge in [0.05, 0.1) is 0 Å². The van der Waals surface area contributed by atoms with Crippen molar-refractivity contribution in [2.45, 2.75) is 24.7 Å². The van der Waals surface area contributed by atoms with Gasteiger partial charge in [-0.25, -0.2) is 8.78 Å². The van der Waals surface area contributed by atoms with Gasteiger partial charge in [-0.3, -0.25) is 0 Å². The Bertz CT molecular complexity index is 346. The molecule has 86 valence electrons. The molecule has 0 nitrogen and oxygen atoms in total. The lowest BCUT2D eigenvalue weighted by atomic mass is 10.0. The predicted octanol–water partition coefficient (Wildman–Crippen LogP) is 4.91. The van der Waals surface area contributed by atoms with E-state index in [-0.39, 0.29) is 11.5 Å². The highest BCUT2D eigenvalue weighted by molar-refractivity contribution is 8.20. The van der Waals surface area contributed by atoms with Crippen molar-refractivity contribution in [2.24, 2.45) is 0 Å². The molecule has 1 aromatic rings. The van der Waals surface area contributed by atoms with Crippen molar-refractivity contribution in [2.75, 3.05) is 0 Å². The predicted molar refractivity (Wildman–Crippen MR) is 49.6 cm³/mol. The molecule has 0 aliphatic heterocycles. The molecule has 1 rings (SSSR count). The van der Waals surface area contributed by atoms with Crippen LogP contribution in [-0.2, 0) is 0 Å². The van der Waals surface area contributed by atoms with E-state index in [0.29, 0.717) is 0 Å². The zero-order valence-electron chi connectivity index (χ0n) is 8.03. The molecule has 0 amide bonds. The molecule has 0 bridgehead atoms. The van der Waals surface area contributed by atoms with Gasteiger partial charge in [0.1, 0.15) is 16.5 Å². The fourth-order valence-electron chi connectivity index (χ4n) is 1.13. The first-order valence-corrected chi connectivity index (χ1v) is 5.48. The van der Waals surface area contributed by atoms with Crippen molar-refractivity contribution in [3.05, 3.63) is 29.3 Å². The monoisotopic (exact) mass is 244 g/mol. The Morgan fingerprint density at radius 1 is 1.00 bits per heavy atom. The van der Waals surface area contributed by atoms with E-state index in [1.807, 2.05) is 0 Å². The second-order valence-electron chi connectivity index (χ2n) is 3.37. The van der Waals surface area contributed by atoms with Gasteiger partial charge in [-0.1, -0.05) is 13.8 Å². The van der Waals surface area contributed by atoms with Gasteiger partial charge in [0, 0.05) is 0 Å². The van der Waals surface area contributed by atoms with Gasteiger partial charge in [0.2, 0.25) is 11.2 Å². The lowest BCUT2D eigenvalue weighted by Gasteiger charge is -2.14. The Kier molecular flexibility index (Phi) is 3.28. The third-order valence-corrected chi connectivity index (χ3v) is 2.77. The molecule has 0 aliphatic carbocycles. The van der Waals surface area contributed by atoms with E-state index >= 15 is 0 Å². The fourth-order valence-corrected chi connectivity index (χ4v) is 1.69. The molecule has 0 unspecified atom stereocenters. The Labute approximate surface area is 86.3 Å². The molecule has 0 saturated carbocycles. The van der Waals surface area contributed by atoms with Crippen LogP contribution in [-0.4, -0.2) is 0 Å². The van der Waals surface area contributed by atoms with Crippen molar-refractivity contribution in [3.63, 3.8) is 0 Å². The summed E-state index contributed by atoms with van der Waals surface area (Å²) < 4.78 is 62.8. The average molecular weight is 244 g/mol. The summed E-state index contributed by atoms with van der Waals surface area (Å²) in [6.07, 6.45) is 0. The van der Waals surface area contributed by atoms with E-state index in [9.17, 15) is 20.4 Å². The summed E-state index contributed by atoms with van der Waals surface area (Å²) >= 11 is -5.86. The number of hydrogen-bond acceptors (Lipinski definition) is 0. The van der Waals surface area contributed by atoms with Gasteiger partial charge in [-0.2, -0.15) is 0 Å². The standard InChI is InChI=1S/C9H9F5S/c1-5(2)6-3-7(10)9(8(11)4-6)15(12,13)14/h3-5H,1-2H3. The highest BCUT2D eigenvalue weighted by Crippen LogP contribution is 2.62. The maximum Gasteiger partial charge on any atom is 0.243 e. The first-order valence-electron chi connectivity index (χ1n) is 4.14. The van der Waals surface area contributed by atoms with Crippen LogP contribution < -0.4 is 0 Å². The summed E-state index contributed by atoms with van der Waals surface area (Å²) in [5, 5.41) is 0. The van der Waals surface area contributed by atoms with Crippen LogP contribution in [0.4, 0.5) is 20.4 Å². The van der Waals surface area contributed by atoms with Crippen LogP contribution in [0.15, 0.2) is 17.0 Å². The number of benzene rings is 1. The smallest absolute Gasteiger partial charge is 0.205 e. The van der Waals surface area contributed by atoms with Crippen LogP contribution in [0.25, 0.3) is 0 Å². The minimum Gasteiger partial charge on any atom is -0.205 e. The van der Waals surface area contributed by atoms with Crippen LogP contribution in [0.5, 0.6) is 0 Å². The normalized spacial score (nSPS) is 13.3. The second kappa shape index (κ2) is 4.00. The molecule has 0 spiro atoms. The third kappa shape index (κ3) is 2.62. The van der Waals surface area contributed by atoms with Gasteiger partial charge >= 0.3 is 0 Å². The zero-order valence-corrected chi connectivity index (χ0v) is 8.85. The van der Waals surface area contributed by atoms with Gasteiger partial charge < -0.3 is 0 Å². The largest absolute Gasteiger partial charge is 0.243 e. The van der Waals surface area contributed by atoms with Crippen LogP contribution >= 0.6 is 11.2 Å². The highest BCUT2D eigenvalue weighted by Gasteiger charge is 2.33. The Morgan fingerprint density at radius 2 is 1.40 bits per heavy atom. The molecule has 0 N–H and O–H groups in total. The molecule has 0 heterocycles. The molecular formula is C9H9F5S. The topological polar surface area (TPSA) is 0 Å². The summed E-state index contributed by atoms with van der Waals surface area (Å²) in [5.74, 6) is -3.27. The van der Waals surface area contributed by atoms with Crippen molar-refractivity contribution in [1.82, 2.24) is 0 Å². The van der Waals surface area contributed by atoms with Crippen molar-refractivity contribution >= 4 is 11.2 Å². The first-order chi connectivity index (χ1) is 6.73. The van der Waals surface area contributed by atoms with Crippen LogP contribution in [0, 0.1) is 11.6 Å². The molecule has 0 aromatic heterocycles. The van der Waals surface area contributed by atoms with Crippen molar-refractivity contribution in [1.29, 1.82) is 0 Å². The van der Waals surface area contributed by atoms with Gasteiger partial charge in [-0.15, -0.1) is 11.7 Å².